The highest BCUT2D eigenvalue weighted by Gasteiger charge is 2.45. The lowest BCUT2D eigenvalue weighted by Gasteiger charge is -2.27. The highest BCUT2D eigenvalue weighted by atomic mass is 16.8. The second-order valence-corrected chi connectivity index (χ2v) is 7.21. The van der Waals surface area contributed by atoms with Gasteiger partial charge in [-0.05, 0) is 37.8 Å². The van der Waals surface area contributed by atoms with Crippen molar-refractivity contribution >= 4 is 10.9 Å². The molecule has 0 N–H and O–H groups in total. The van der Waals surface area contributed by atoms with Crippen molar-refractivity contribution in [2.45, 2.75) is 71.0 Å². The van der Waals surface area contributed by atoms with Crippen LogP contribution in [0.5, 0.6) is 0 Å². The minimum Gasteiger partial charge on any atom is -0.344 e. The number of nitrogens with zero attached hydrogens (tertiary/aromatic N) is 1. The molecule has 0 saturated carbocycles. The maximum atomic E-state index is 6.14. The fourth-order valence-electron chi connectivity index (χ4n) is 4.17. The molecular weight excluding hydrogens is 274 g/mol. The van der Waals surface area contributed by atoms with Crippen LogP contribution in [0.4, 0.5) is 0 Å². The van der Waals surface area contributed by atoms with Crippen molar-refractivity contribution in [2.24, 2.45) is 0 Å². The third-order valence-electron chi connectivity index (χ3n) is 5.27. The molecule has 1 aromatic heterocycles. The number of ether oxygens (including phenoxy) is 2. The van der Waals surface area contributed by atoms with Crippen LogP contribution in [-0.4, -0.2) is 22.6 Å². The zero-order chi connectivity index (χ0) is 15.5. The van der Waals surface area contributed by atoms with Gasteiger partial charge in [-0.1, -0.05) is 32.0 Å². The van der Waals surface area contributed by atoms with Crippen LogP contribution in [0.1, 0.15) is 51.3 Å². The summed E-state index contributed by atoms with van der Waals surface area (Å²) in [6, 6.07) is 8.80. The Bertz CT molecular complexity index is 716. The highest BCUT2D eigenvalue weighted by Crippen LogP contribution is 2.41. The van der Waals surface area contributed by atoms with Gasteiger partial charge in [0.2, 0.25) is 0 Å². The summed E-state index contributed by atoms with van der Waals surface area (Å²) in [6.07, 6.45) is 2.48. The Labute approximate surface area is 132 Å². The molecule has 118 valence electrons. The molecule has 2 aliphatic rings. The van der Waals surface area contributed by atoms with E-state index in [1.165, 1.54) is 22.2 Å². The summed E-state index contributed by atoms with van der Waals surface area (Å²) >= 11 is 0. The van der Waals surface area contributed by atoms with Gasteiger partial charge in [0.1, 0.15) is 6.10 Å². The van der Waals surface area contributed by atoms with Crippen molar-refractivity contribution in [3.05, 3.63) is 35.5 Å². The van der Waals surface area contributed by atoms with E-state index in [1.54, 1.807) is 0 Å². The van der Waals surface area contributed by atoms with Gasteiger partial charge in [-0.3, -0.25) is 0 Å². The van der Waals surface area contributed by atoms with Crippen LogP contribution in [-0.2, 0) is 22.4 Å². The molecule has 2 aliphatic heterocycles. The van der Waals surface area contributed by atoms with Crippen molar-refractivity contribution in [1.29, 1.82) is 0 Å². The van der Waals surface area contributed by atoms with E-state index >= 15 is 0 Å². The first-order valence-electron chi connectivity index (χ1n) is 8.46. The average molecular weight is 299 g/mol. The molecule has 3 heterocycles. The van der Waals surface area contributed by atoms with Gasteiger partial charge < -0.3 is 14.0 Å². The topological polar surface area (TPSA) is 23.4 Å². The quantitative estimate of drug-likeness (QED) is 0.828. The molecule has 0 bridgehead atoms. The zero-order valence-corrected chi connectivity index (χ0v) is 13.9. The highest BCUT2D eigenvalue weighted by molar-refractivity contribution is 5.86. The molecule has 3 nitrogen and oxygen atoms in total. The van der Waals surface area contributed by atoms with Crippen LogP contribution >= 0.6 is 0 Å². The van der Waals surface area contributed by atoms with Gasteiger partial charge >= 0.3 is 0 Å². The Morgan fingerprint density at radius 3 is 2.73 bits per heavy atom. The number of fused-ring (bicyclic) bond motifs is 4. The van der Waals surface area contributed by atoms with Crippen molar-refractivity contribution in [2.75, 3.05) is 0 Å². The molecule has 0 aliphatic carbocycles. The molecule has 2 unspecified atom stereocenters. The maximum Gasteiger partial charge on any atom is 0.163 e. The van der Waals surface area contributed by atoms with Gasteiger partial charge in [-0.25, -0.2) is 0 Å². The Kier molecular flexibility index (Phi) is 3.14. The van der Waals surface area contributed by atoms with Crippen molar-refractivity contribution in [1.82, 2.24) is 4.57 Å². The molecule has 1 fully saturated rings. The molecule has 0 amide bonds. The lowest BCUT2D eigenvalue weighted by molar-refractivity contribution is -0.145. The summed E-state index contributed by atoms with van der Waals surface area (Å²) in [5.41, 5.74) is 4.32. The second-order valence-electron chi connectivity index (χ2n) is 7.21. The lowest BCUT2D eigenvalue weighted by Crippen LogP contribution is -2.35. The van der Waals surface area contributed by atoms with Gasteiger partial charge in [0, 0.05) is 23.0 Å². The normalized spacial score (nSPS) is 27.6. The first kappa shape index (κ1) is 14.3. The minimum atomic E-state index is -0.453. The standard InChI is InChI=1S/C19H25NO2/c1-5-12(2)18-13-8-6-7-9-14(13)20-11-17-16(10-15(18)20)21-19(3,4)22-17/h6-9,12,16-17H,5,10-11H2,1-4H3/t12?,16?,17-/m0/s1. The average Bonchev–Trinajstić information content (AvgIpc) is 2.96. The van der Waals surface area contributed by atoms with Crippen molar-refractivity contribution < 1.29 is 9.47 Å². The number of rotatable bonds is 2. The van der Waals surface area contributed by atoms with Gasteiger partial charge in [-0.2, -0.15) is 0 Å². The fraction of sp³-hybridized carbons (Fsp3) is 0.579. The smallest absolute Gasteiger partial charge is 0.163 e. The second kappa shape index (κ2) is 4.84. The third kappa shape index (κ3) is 2.03. The number of para-hydroxylation sites is 1. The monoisotopic (exact) mass is 299 g/mol. The number of aromatic nitrogens is 1. The van der Waals surface area contributed by atoms with Crippen LogP contribution in [0.25, 0.3) is 10.9 Å². The Hall–Kier alpha value is -1.32. The van der Waals surface area contributed by atoms with Gasteiger partial charge in [-0.15, -0.1) is 0 Å². The number of hydrogen-bond acceptors (Lipinski definition) is 2. The van der Waals surface area contributed by atoms with E-state index in [-0.39, 0.29) is 12.2 Å². The predicted octanol–water partition coefficient (Wildman–Crippen LogP) is 4.23. The summed E-state index contributed by atoms with van der Waals surface area (Å²) in [5, 5.41) is 1.41. The van der Waals surface area contributed by atoms with E-state index in [0.717, 1.165) is 19.4 Å². The van der Waals surface area contributed by atoms with Crippen LogP contribution in [0.3, 0.4) is 0 Å². The van der Waals surface area contributed by atoms with E-state index in [4.69, 9.17) is 9.47 Å². The number of hydrogen-bond donors (Lipinski definition) is 0. The molecule has 1 saturated heterocycles. The SMILES string of the molecule is CCC(C)c1c2n(c3ccccc13)C[C@@H]1OC(C)(C)OC1C2. The van der Waals surface area contributed by atoms with E-state index in [9.17, 15) is 0 Å². The molecular formula is C19H25NO2. The summed E-state index contributed by atoms with van der Waals surface area (Å²) in [5.74, 6) is 0.124. The third-order valence-corrected chi connectivity index (χ3v) is 5.27. The van der Waals surface area contributed by atoms with E-state index in [1.807, 2.05) is 13.8 Å². The fourth-order valence-corrected chi connectivity index (χ4v) is 4.17. The lowest BCUT2D eigenvalue weighted by atomic mass is 9.92. The van der Waals surface area contributed by atoms with Crippen LogP contribution in [0, 0.1) is 0 Å². The molecule has 4 rings (SSSR count). The molecule has 2 aromatic rings. The van der Waals surface area contributed by atoms with Gasteiger partial charge in [0.25, 0.3) is 0 Å². The van der Waals surface area contributed by atoms with Crippen molar-refractivity contribution in [3.8, 4) is 0 Å². The largest absolute Gasteiger partial charge is 0.344 e. The van der Waals surface area contributed by atoms with Gasteiger partial charge in [0.05, 0.1) is 12.6 Å². The van der Waals surface area contributed by atoms with E-state index in [2.05, 4.69) is 42.7 Å². The molecule has 0 spiro atoms. The molecule has 0 radical (unpaired) electrons. The summed E-state index contributed by atoms with van der Waals surface area (Å²) in [7, 11) is 0. The first-order valence-corrected chi connectivity index (χ1v) is 8.46. The Balaban J connectivity index is 1.86. The molecule has 3 atom stereocenters. The first-order chi connectivity index (χ1) is 10.5. The molecule has 1 aromatic carbocycles. The summed E-state index contributed by atoms with van der Waals surface area (Å²) in [4.78, 5) is 0. The van der Waals surface area contributed by atoms with Crippen LogP contribution in [0.2, 0.25) is 0 Å². The van der Waals surface area contributed by atoms with E-state index in [0.29, 0.717) is 5.92 Å². The van der Waals surface area contributed by atoms with Gasteiger partial charge in [0.15, 0.2) is 5.79 Å². The molecule has 22 heavy (non-hydrogen) atoms. The zero-order valence-electron chi connectivity index (χ0n) is 13.9. The Morgan fingerprint density at radius 1 is 1.23 bits per heavy atom. The maximum absolute atomic E-state index is 6.14. The van der Waals surface area contributed by atoms with E-state index < -0.39 is 5.79 Å². The minimum absolute atomic E-state index is 0.170. The summed E-state index contributed by atoms with van der Waals surface area (Å²) in [6.45, 7) is 9.56. The summed E-state index contributed by atoms with van der Waals surface area (Å²) < 4.78 is 14.7. The van der Waals surface area contributed by atoms with Crippen LogP contribution < -0.4 is 0 Å². The molecule has 3 heteroatoms. The Morgan fingerprint density at radius 2 is 1.95 bits per heavy atom. The van der Waals surface area contributed by atoms with Crippen LogP contribution in [0.15, 0.2) is 24.3 Å². The van der Waals surface area contributed by atoms with Crippen molar-refractivity contribution in [3.63, 3.8) is 0 Å². The predicted molar refractivity (Wildman–Crippen MR) is 88.2 cm³/mol. The number of benzene rings is 1.